The highest BCUT2D eigenvalue weighted by Gasteiger charge is 2.24. The molecule has 0 unspecified atom stereocenters. The van der Waals surface area contributed by atoms with Crippen LogP contribution in [0.15, 0.2) is 27.8 Å². The van der Waals surface area contributed by atoms with Crippen molar-refractivity contribution in [3.05, 3.63) is 24.2 Å². The van der Waals surface area contributed by atoms with Crippen molar-refractivity contribution >= 4 is 12.1 Å². The number of carbonyl (C=O) groups is 1. The number of amides is 1. The highest BCUT2D eigenvalue weighted by Crippen LogP contribution is 2.11. The second kappa shape index (κ2) is 13.0. The number of guanidine groups is 1. The fraction of sp³-hybridized carbons (Fsp3) is 0.700. The molecule has 0 radical (unpaired) electrons. The van der Waals surface area contributed by atoms with Crippen molar-refractivity contribution in [1.29, 1.82) is 0 Å². The Balaban J connectivity index is 1.78. The molecule has 1 aliphatic rings. The SMILES string of the molecule is CCOCCCN=C(NCCc1ccco1)NC1CCN(C(=O)OCC)CC1. The van der Waals surface area contributed by atoms with Gasteiger partial charge in [-0.3, -0.25) is 4.99 Å². The fourth-order valence-corrected chi connectivity index (χ4v) is 3.03. The van der Waals surface area contributed by atoms with E-state index >= 15 is 0 Å². The summed E-state index contributed by atoms with van der Waals surface area (Å²) in [6.45, 7) is 8.53. The molecule has 158 valence electrons. The molecule has 0 atom stereocenters. The van der Waals surface area contributed by atoms with Gasteiger partial charge in [-0.1, -0.05) is 0 Å². The molecule has 1 amide bonds. The van der Waals surface area contributed by atoms with Crippen LogP contribution >= 0.6 is 0 Å². The highest BCUT2D eigenvalue weighted by atomic mass is 16.6. The van der Waals surface area contributed by atoms with E-state index in [2.05, 4.69) is 15.6 Å². The van der Waals surface area contributed by atoms with Gasteiger partial charge in [0.05, 0.1) is 12.9 Å². The number of carbonyl (C=O) groups excluding carboxylic acids is 1. The summed E-state index contributed by atoms with van der Waals surface area (Å²) in [6.07, 6.45) is 4.90. The van der Waals surface area contributed by atoms with E-state index in [-0.39, 0.29) is 12.1 Å². The second-order valence-corrected chi connectivity index (χ2v) is 6.64. The van der Waals surface area contributed by atoms with Gasteiger partial charge in [-0.25, -0.2) is 4.79 Å². The molecule has 0 aromatic carbocycles. The van der Waals surface area contributed by atoms with Gasteiger partial charge in [-0.05, 0) is 45.2 Å². The second-order valence-electron chi connectivity index (χ2n) is 6.64. The monoisotopic (exact) mass is 394 g/mol. The molecule has 0 bridgehead atoms. The van der Waals surface area contributed by atoms with Crippen LogP contribution in [0.4, 0.5) is 4.79 Å². The molecule has 1 aromatic rings. The maximum Gasteiger partial charge on any atom is 0.409 e. The van der Waals surface area contributed by atoms with E-state index in [1.165, 1.54) is 0 Å². The maximum atomic E-state index is 11.8. The average Bonchev–Trinajstić information content (AvgIpc) is 3.22. The van der Waals surface area contributed by atoms with Crippen molar-refractivity contribution in [2.45, 2.75) is 45.6 Å². The van der Waals surface area contributed by atoms with E-state index in [9.17, 15) is 4.79 Å². The number of furan rings is 1. The Kier molecular flexibility index (Phi) is 10.3. The van der Waals surface area contributed by atoms with Crippen molar-refractivity contribution in [3.8, 4) is 0 Å². The molecule has 28 heavy (non-hydrogen) atoms. The third kappa shape index (κ3) is 8.21. The first-order valence-corrected chi connectivity index (χ1v) is 10.3. The summed E-state index contributed by atoms with van der Waals surface area (Å²) in [5.74, 6) is 1.75. The molecule has 1 aliphatic heterocycles. The van der Waals surface area contributed by atoms with Crippen molar-refractivity contribution in [2.75, 3.05) is 46.0 Å². The minimum atomic E-state index is -0.220. The van der Waals surface area contributed by atoms with Crippen LogP contribution in [0.5, 0.6) is 0 Å². The Morgan fingerprint density at radius 3 is 2.82 bits per heavy atom. The van der Waals surface area contributed by atoms with E-state index in [0.29, 0.717) is 26.2 Å². The standard InChI is InChI=1S/C20H34N4O4/c1-3-26-15-6-11-21-19(22-12-8-18-7-5-16-28-18)23-17-9-13-24(14-10-17)20(25)27-4-2/h5,7,16-17H,3-4,6,8-15H2,1-2H3,(H2,21,22,23). The lowest BCUT2D eigenvalue weighted by atomic mass is 10.1. The average molecular weight is 395 g/mol. The van der Waals surface area contributed by atoms with Crippen LogP contribution in [0.1, 0.15) is 38.9 Å². The normalized spacial score (nSPS) is 15.5. The molecule has 8 nitrogen and oxygen atoms in total. The molecule has 0 saturated carbocycles. The Morgan fingerprint density at radius 1 is 1.32 bits per heavy atom. The number of hydrogen-bond acceptors (Lipinski definition) is 5. The summed E-state index contributed by atoms with van der Waals surface area (Å²) in [5, 5.41) is 6.89. The van der Waals surface area contributed by atoms with Gasteiger partial charge < -0.3 is 29.4 Å². The number of likely N-dealkylation sites (tertiary alicyclic amines) is 1. The van der Waals surface area contributed by atoms with Gasteiger partial charge in [0.2, 0.25) is 0 Å². The molecule has 8 heteroatoms. The molecule has 2 heterocycles. The van der Waals surface area contributed by atoms with Crippen LogP contribution in [0.25, 0.3) is 0 Å². The first-order chi connectivity index (χ1) is 13.7. The molecule has 2 N–H and O–H groups in total. The Labute approximate surface area is 167 Å². The van der Waals surface area contributed by atoms with Gasteiger partial charge in [0, 0.05) is 51.9 Å². The minimum absolute atomic E-state index is 0.220. The third-order valence-corrected chi connectivity index (χ3v) is 4.53. The van der Waals surface area contributed by atoms with Gasteiger partial charge in [-0.2, -0.15) is 0 Å². The minimum Gasteiger partial charge on any atom is -0.469 e. The smallest absolute Gasteiger partial charge is 0.409 e. The van der Waals surface area contributed by atoms with E-state index in [4.69, 9.17) is 13.9 Å². The lowest BCUT2D eigenvalue weighted by Crippen LogP contribution is -2.50. The quantitative estimate of drug-likeness (QED) is 0.360. The van der Waals surface area contributed by atoms with E-state index in [0.717, 1.165) is 57.2 Å². The zero-order valence-electron chi connectivity index (χ0n) is 17.1. The van der Waals surface area contributed by atoms with Gasteiger partial charge in [0.15, 0.2) is 5.96 Å². The predicted molar refractivity (Wildman–Crippen MR) is 109 cm³/mol. The summed E-state index contributed by atoms with van der Waals surface area (Å²) in [4.78, 5) is 18.3. The van der Waals surface area contributed by atoms with Crippen LogP contribution in [-0.2, 0) is 15.9 Å². The Bertz CT molecular complexity index is 569. The summed E-state index contributed by atoms with van der Waals surface area (Å²) in [6, 6.07) is 4.15. The summed E-state index contributed by atoms with van der Waals surface area (Å²) < 4.78 is 15.8. The number of nitrogens with one attached hydrogen (secondary N) is 2. The third-order valence-electron chi connectivity index (χ3n) is 4.53. The largest absolute Gasteiger partial charge is 0.469 e. The number of aliphatic imine (C=N–C) groups is 1. The van der Waals surface area contributed by atoms with E-state index < -0.39 is 0 Å². The summed E-state index contributed by atoms with van der Waals surface area (Å²) >= 11 is 0. The molecular weight excluding hydrogens is 360 g/mol. The molecule has 1 fully saturated rings. The summed E-state index contributed by atoms with van der Waals surface area (Å²) in [5.41, 5.74) is 0. The molecule has 1 saturated heterocycles. The molecule has 1 aromatic heterocycles. The number of rotatable bonds is 10. The van der Waals surface area contributed by atoms with Crippen LogP contribution in [0.3, 0.4) is 0 Å². The fourth-order valence-electron chi connectivity index (χ4n) is 3.03. The lowest BCUT2D eigenvalue weighted by molar-refractivity contribution is 0.0963. The molecule has 0 aliphatic carbocycles. The molecule has 0 spiro atoms. The number of piperidine rings is 1. The first-order valence-electron chi connectivity index (χ1n) is 10.3. The van der Waals surface area contributed by atoms with Crippen LogP contribution < -0.4 is 10.6 Å². The Hall–Kier alpha value is -2.22. The van der Waals surface area contributed by atoms with Crippen molar-refractivity contribution in [3.63, 3.8) is 0 Å². The topological polar surface area (TPSA) is 88.3 Å². The number of hydrogen-bond donors (Lipinski definition) is 2. The highest BCUT2D eigenvalue weighted by molar-refractivity contribution is 5.80. The van der Waals surface area contributed by atoms with Crippen LogP contribution in [-0.4, -0.2) is 69.0 Å². The van der Waals surface area contributed by atoms with E-state index in [1.54, 1.807) is 11.2 Å². The molecular formula is C20H34N4O4. The molecule has 2 rings (SSSR count). The van der Waals surface area contributed by atoms with Crippen molar-refractivity contribution < 1.29 is 18.7 Å². The number of nitrogens with zero attached hydrogens (tertiary/aromatic N) is 2. The zero-order chi connectivity index (χ0) is 20.0. The Morgan fingerprint density at radius 2 is 2.14 bits per heavy atom. The van der Waals surface area contributed by atoms with Gasteiger partial charge in [0.25, 0.3) is 0 Å². The lowest BCUT2D eigenvalue weighted by Gasteiger charge is -2.32. The maximum absolute atomic E-state index is 11.8. The predicted octanol–water partition coefficient (Wildman–Crippen LogP) is 2.40. The van der Waals surface area contributed by atoms with Gasteiger partial charge in [0.1, 0.15) is 5.76 Å². The van der Waals surface area contributed by atoms with E-state index in [1.807, 2.05) is 26.0 Å². The summed E-state index contributed by atoms with van der Waals surface area (Å²) in [7, 11) is 0. The van der Waals surface area contributed by atoms with Gasteiger partial charge >= 0.3 is 6.09 Å². The van der Waals surface area contributed by atoms with Gasteiger partial charge in [-0.15, -0.1) is 0 Å². The van der Waals surface area contributed by atoms with Crippen LogP contribution in [0.2, 0.25) is 0 Å². The van der Waals surface area contributed by atoms with Crippen molar-refractivity contribution in [2.24, 2.45) is 4.99 Å². The zero-order valence-corrected chi connectivity index (χ0v) is 17.1. The first kappa shape index (κ1) is 22.1. The van der Waals surface area contributed by atoms with Crippen LogP contribution in [0, 0.1) is 0 Å². The van der Waals surface area contributed by atoms with Crippen molar-refractivity contribution in [1.82, 2.24) is 15.5 Å². The number of ether oxygens (including phenoxy) is 2.